The van der Waals surface area contributed by atoms with Crippen LogP contribution in [-0.4, -0.2) is 49.0 Å². The quantitative estimate of drug-likeness (QED) is 0.377. The van der Waals surface area contributed by atoms with E-state index in [0.29, 0.717) is 21.9 Å². The number of aromatic nitrogens is 1. The maximum Gasteiger partial charge on any atom is 0.408 e. The Kier molecular flexibility index (Phi) is 8.07. The number of halogens is 1. The molecule has 10 nitrogen and oxygen atoms in total. The molecular formula is C29H41FN4O6S. The van der Waals surface area contributed by atoms with Crippen LogP contribution in [0.15, 0.2) is 23.2 Å². The standard InChI is InChI=1S/C29H41FN4O6S/c1-27(2,3)39-25(35)33-21-13-22(34-26(36)40-28(4,5)6)24-18(21)12-23(41(37,38)32-15-29(7,8)30)17-11-20(16-9-10-16)31-14-19(17)24/h11-12,14,16,21-22,32H,9-10,13,15H2,1-8H3,(H,33,35)(H,34,36). The number of sulfonamides is 1. The highest BCUT2D eigenvalue weighted by Crippen LogP contribution is 2.47. The summed E-state index contributed by atoms with van der Waals surface area (Å²) in [7, 11) is -4.18. The first-order valence-electron chi connectivity index (χ1n) is 13.9. The number of hydrogen-bond acceptors (Lipinski definition) is 7. The van der Waals surface area contributed by atoms with Gasteiger partial charge in [0.05, 0.1) is 17.0 Å². The zero-order valence-electron chi connectivity index (χ0n) is 25.0. The predicted octanol–water partition coefficient (Wildman–Crippen LogP) is 5.67. The van der Waals surface area contributed by atoms with E-state index >= 15 is 0 Å². The average molecular weight is 593 g/mol. The van der Waals surface area contributed by atoms with Gasteiger partial charge in [-0.25, -0.2) is 27.1 Å². The van der Waals surface area contributed by atoms with E-state index in [2.05, 4.69) is 20.3 Å². The summed E-state index contributed by atoms with van der Waals surface area (Å²) in [5.74, 6) is 0.248. The monoisotopic (exact) mass is 592 g/mol. The van der Waals surface area contributed by atoms with Crippen molar-refractivity contribution in [1.82, 2.24) is 20.3 Å². The number of alkyl halides is 1. The second-order valence-corrected chi connectivity index (χ2v) is 15.2. The Morgan fingerprint density at radius 1 is 0.927 bits per heavy atom. The Labute approximate surface area is 241 Å². The van der Waals surface area contributed by atoms with Gasteiger partial charge in [0.2, 0.25) is 10.0 Å². The Morgan fingerprint density at radius 2 is 1.49 bits per heavy atom. The van der Waals surface area contributed by atoms with Crippen molar-refractivity contribution in [3.8, 4) is 0 Å². The lowest BCUT2D eigenvalue weighted by atomic mass is 9.98. The van der Waals surface area contributed by atoms with Crippen LogP contribution in [0.4, 0.5) is 14.0 Å². The summed E-state index contributed by atoms with van der Waals surface area (Å²) in [6.45, 7) is 12.6. The average Bonchev–Trinajstić information content (AvgIpc) is 3.58. The van der Waals surface area contributed by atoms with Crippen molar-refractivity contribution in [3.05, 3.63) is 35.2 Å². The molecular weight excluding hydrogens is 551 g/mol. The predicted molar refractivity (Wildman–Crippen MR) is 153 cm³/mol. The van der Waals surface area contributed by atoms with Crippen molar-refractivity contribution in [2.45, 2.75) is 114 Å². The highest BCUT2D eigenvalue weighted by molar-refractivity contribution is 7.89. The molecule has 0 spiro atoms. The number of rotatable bonds is 7. The largest absolute Gasteiger partial charge is 0.444 e. The van der Waals surface area contributed by atoms with Gasteiger partial charge in [0.15, 0.2) is 0 Å². The van der Waals surface area contributed by atoms with Crippen LogP contribution in [0, 0.1) is 0 Å². The molecule has 3 N–H and O–H groups in total. The smallest absolute Gasteiger partial charge is 0.408 e. The highest BCUT2D eigenvalue weighted by atomic mass is 32.2. The number of hydrogen-bond donors (Lipinski definition) is 3. The summed E-state index contributed by atoms with van der Waals surface area (Å²) in [6.07, 6.45) is 2.44. The minimum absolute atomic E-state index is 0.0475. The van der Waals surface area contributed by atoms with Gasteiger partial charge in [0, 0.05) is 35.1 Å². The lowest BCUT2D eigenvalue weighted by Gasteiger charge is -2.23. The molecule has 2 atom stereocenters. The second kappa shape index (κ2) is 10.7. The molecule has 2 amide bonds. The van der Waals surface area contributed by atoms with E-state index in [4.69, 9.17) is 9.47 Å². The molecule has 1 aromatic carbocycles. The normalized spacial score (nSPS) is 19.5. The zero-order valence-corrected chi connectivity index (χ0v) is 25.8. The van der Waals surface area contributed by atoms with Crippen LogP contribution in [0.1, 0.15) is 109 Å². The lowest BCUT2D eigenvalue weighted by Crippen LogP contribution is -2.36. The van der Waals surface area contributed by atoms with Crippen LogP contribution >= 0.6 is 0 Å². The van der Waals surface area contributed by atoms with Crippen molar-refractivity contribution in [2.24, 2.45) is 0 Å². The van der Waals surface area contributed by atoms with Gasteiger partial charge in [-0.2, -0.15) is 0 Å². The number of nitrogens with zero attached hydrogens (tertiary/aromatic N) is 1. The molecule has 1 aromatic heterocycles. The van der Waals surface area contributed by atoms with Gasteiger partial charge >= 0.3 is 12.2 Å². The molecule has 2 aromatic rings. The molecule has 1 heterocycles. The summed E-state index contributed by atoms with van der Waals surface area (Å²) in [6, 6.07) is 1.95. The Balaban J connectivity index is 1.86. The third-order valence-electron chi connectivity index (χ3n) is 6.62. The number of amides is 2. The van der Waals surface area contributed by atoms with Gasteiger partial charge in [0.1, 0.15) is 16.9 Å². The van der Waals surface area contributed by atoms with Gasteiger partial charge in [-0.05, 0) is 97.9 Å². The Bertz CT molecular complexity index is 1450. The van der Waals surface area contributed by atoms with Gasteiger partial charge in [0.25, 0.3) is 0 Å². The molecule has 2 unspecified atom stereocenters. The molecule has 226 valence electrons. The maximum absolute atomic E-state index is 14.3. The van der Waals surface area contributed by atoms with Crippen LogP contribution in [0.2, 0.25) is 0 Å². The minimum atomic E-state index is -4.18. The topological polar surface area (TPSA) is 136 Å². The van der Waals surface area contributed by atoms with E-state index in [1.165, 1.54) is 19.9 Å². The molecule has 0 aliphatic heterocycles. The van der Waals surface area contributed by atoms with E-state index in [1.54, 1.807) is 53.8 Å². The third-order valence-corrected chi connectivity index (χ3v) is 8.06. The number of pyridine rings is 1. The molecule has 2 aliphatic carbocycles. The fraction of sp³-hybridized carbons (Fsp3) is 0.621. The van der Waals surface area contributed by atoms with Crippen LogP contribution < -0.4 is 15.4 Å². The van der Waals surface area contributed by atoms with E-state index in [0.717, 1.165) is 18.5 Å². The molecule has 12 heteroatoms. The molecule has 4 rings (SSSR count). The van der Waals surface area contributed by atoms with Crippen LogP contribution in [-0.2, 0) is 19.5 Å². The van der Waals surface area contributed by atoms with Gasteiger partial charge in [-0.15, -0.1) is 0 Å². The number of benzene rings is 1. The summed E-state index contributed by atoms with van der Waals surface area (Å²) >= 11 is 0. The summed E-state index contributed by atoms with van der Waals surface area (Å²) in [5, 5.41) is 6.66. The van der Waals surface area contributed by atoms with E-state index < -0.39 is 57.7 Å². The lowest BCUT2D eigenvalue weighted by molar-refractivity contribution is 0.0492. The molecule has 2 aliphatic rings. The molecule has 0 bridgehead atoms. The second-order valence-electron chi connectivity index (χ2n) is 13.5. The van der Waals surface area contributed by atoms with E-state index in [1.807, 2.05) is 0 Å². The molecule has 0 saturated heterocycles. The summed E-state index contributed by atoms with van der Waals surface area (Å²) in [4.78, 5) is 30.2. The number of carbonyl (C=O) groups excluding carboxylic acids is 2. The first kappa shape index (κ1) is 31.0. The number of carbonyl (C=O) groups is 2. The zero-order chi connectivity index (χ0) is 30.5. The highest BCUT2D eigenvalue weighted by Gasteiger charge is 2.39. The minimum Gasteiger partial charge on any atom is -0.444 e. The first-order chi connectivity index (χ1) is 18.7. The fourth-order valence-electron chi connectivity index (χ4n) is 4.84. The molecule has 0 radical (unpaired) electrons. The van der Waals surface area contributed by atoms with Gasteiger partial charge in [-0.3, -0.25) is 4.98 Å². The SMILES string of the molecule is CC(C)(F)CNS(=O)(=O)c1cc2c(c3cnc(C4CC4)cc13)C(NC(=O)OC(C)(C)C)CC2NC(=O)OC(C)(C)C. The van der Waals surface area contributed by atoms with Crippen molar-refractivity contribution in [2.75, 3.05) is 6.54 Å². The molecule has 41 heavy (non-hydrogen) atoms. The number of fused-ring (bicyclic) bond motifs is 3. The van der Waals surface area contributed by atoms with E-state index in [9.17, 15) is 22.4 Å². The maximum atomic E-state index is 14.3. The van der Waals surface area contributed by atoms with Crippen molar-refractivity contribution < 1.29 is 31.9 Å². The molecule has 1 saturated carbocycles. The van der Waals surface area contributed by atoms with E-state index in [-0.39, 0.29) is 17.2 Å². The fourth-order valence-corrected chi connectivity index (χ4v) is 6.27. The van der Waals surface area contributed by atoms with Crippen molar-refractivity contribution in [1.29, 1.82) is 0 Å². The van der Waals surface area contributed by atoms with Gasteiger partial charge < -0.3 is 20.1 Å². The third kappa shape index (κ3) is 7.85. The van der Waals surface area contributed by atoms with Crippen molar-refractivity contribution >= 4 is 33.0 Å². The number of alkyl carbamates (subject to hydrolysis) is 2. The van der Waals surface area contributed by atoms with Crippen LogP contribution in [0.3, 0.4) is 0 Å². The summed E-state index contributed by atoms with van der Waals surface area (Å²) < 4.78 is 54.9. The number of nitrogens with one attached hydrogen (secondary N) is 3. The Morgan fingerprint density at radius 3 is 2.00 bits per heavy atom. The first-order valence-corrected chi connectivity index (χ1v) is 15.3. The summed E-state index contributed by atoms with van der Waals surface area (Å²) in [5.41, 5.74) is -1.38. The molecule has 1 fully saturated rings. The Hall–Kier alpha value is -2.99. The van der Waals surface area contributed by atoms with Crippen LogP contribution in [0.5, 0.6) is 0 Å². The van der Waals surface area contributed by atoms with Crippen LogP contribution in [0.25, 0.3) is 10.8 Å². The van der Waals surface area contributed by atoms with Crippen molar-refractivity contribution in [3.63, 3.8) is 0 Å². The number of ether oxygens (including phenoxy) is 2. The van der Waals surface area contributed by atoms with Gasteiger partial charge in [-0.1, -0.05) is 0 Å².